The minimum atomic E-state index is -0.979. The Morgan fingerprint density at radius 3 is 2.50 bits per heavy atom. The van der Waals surface area contributed by atoms with Gasteiger partial charge in [0.15, 0.2) is 0 Å². The lowest BCUT2D eigenvalue weighted by atomic mass is 10.1. The van der Waals surface area contributed by atoms with E-state index in [4.69, 9.17) is 14.6 Å². The number of carbonyl (C=O) groups is 1. The van der Waals surface area contributed by atoms with Crippen molar-refractivity contribution in [3.63, 3.8) is 0 Å². The first-order chi connectivity index (χ1) is 8.35. The summed E-state index contributed by atoms with van der Waals surface area (Å²) in [5.41, 5.74) is -0.134. The van der Waals surface area contributed by atoms with Gasteiger partial charge in [0.1, 0.15) is 22.7 Å². The average molecular weight is 250 g/mol. The molecule has 1 aromatic carbocycles. The fraction of sp³-hybridized carbons (Fsp3) is 0.500. The molecule has 0 heterocycles. The first-order valence-corrected chi connectivity index (χ1v) is 6.08. The van der Waals surface area contributed by atoms with Gasteiger partial charge in [0, 0.05) is 6.07 Å². The van der Waals surface area contributed by atoms with Crippen LogP contribution in [0.2, 0.25) is 0 Å². The molecular weight excluding hydrogens is 232 g/mol. The maximum Gasteiger partial charge on any atom is 0.339 e. The van der Waals surface area contributed by atoms with Crippen LogP contribution in [0.1, 0.15) is 44.0 Å². The first-order valence-electron chi connectivity index (χ1n) is 6.08. The molecule has 0 saturated heterocycles. The molecule has 4 nitrogen and oxygen atoms in total. The van der Waals surface area contributed by atoms with Crippen LogP contribution in [0.4, 0.5) is 0 Å². The normalized spacial score (nSPS) is 15.3. The van der Waals surface area contributed by atoms with Crippen molar-refractivity contribution in [2.45, 2.75) is 45.3 Å². The molecule has 1 aliphatic carbocycles. The molecule has 1 aromatic rings. The number of carboxylic acid groups (broad SMARTS) is 1. The summed E-state index contributed by atoms with van der Waals surface area (Å²) in [6.45, 7) is 5.83. The lowest BCUT2D eigenvalue weighted by Crippen LogP contribution is -2.23. The van der Waals surface area contributed by atoms with Gasteiger partial charge in [-0.15, -0.1) is 0 Å². The van der Waals surface area contributed by atoms with Crippen molar-refractivity contribution < 1.29 is 19.4 Å². The van der Waals surface area contributed by atoms with Crippen LogP contribution in [-0.4, -0.2) is 22.8 Å². The summed E-state index contributed by atoms with van der Waals surface area (Å²) in [5.74, 6) is 0.0443. The lowest BCUT2D eigenvalue weighted by molar-refractivity contribution is 0.0691. The van der Waals surface area contributed by atoms with E-state index in [1.54, 1.807) is 12.1 Å². The highest BCUT2D eigenvalue weighted by molar-refractivity contribution is 5.91. The number of ether oxygens (including phenoxy) is 2. The van der Waals surface area contributed by atoms with Crippen molar-refractivity contribution in [2.24, 2.45) is 0 Å². The van der Waals surface area contributed by atoms with E-state index in [1.807, 2.05) is 20.8 Å². The van der Waals surface area contributed by atoms with Crippen LogP contribution in [0.15, 0.2) is 18.2 Å². The van der Waals surface area contributed by atoms with E-state index in [-0.39, 0.29) is 17.3 Å². The van der Waals surface area contributed by atoms with Gasteiger partial charge in [-0.3, -0.25) is 0 Å². The van der Waals surface area contributed by atoms with Crippen LogP contribution in [0.3, 0.4) is 0 Å². The van der Waals surface area contributed by atoms with E-state index in [1.165, 1.54) is 6.07 Å². The third-order valence-corrected chi connectivity index (χ3v) is 2.43. The summed E-state index contributed by atoms with van der Waals surface area (Å²) in [6, 6.07) is 4.85. The predicted molar refractivity (Wildman–Crippen MR) is 67.4 cm³/mol. The smallest absolute Gasteiger partial charge is 0.339 e. The summed E-state index contributed by atoms with van der Waals surface area (Å²) in [6.07, 6.45) is 2.14. The van der Waals surface area contributed by atoms with E-state index in [9.17, 15) is 4.79 Å². The van der Waals surface area contributed by atoms with Gasteiger partial charge in [-0.1, -0.05) is 0 Å². The van der Waals surface area contributed by atoms with Crippen LogP contribution in [0.25, 0.3) is 0 Å². The molecule has 0 radical (unpaired) electrons. The fourth-order valence-electron chi connectivity index (χ4n) is 1.56. The number of benzene rings is 1. The van der Waals surface area contributed by atoms with Crippen LogP contribution in [-0.2, 0) is 0 Å². The van der Waals surface area contributed by atoms with E-state index in [0.29, 0.717) is 11.5 Å². The Hall–Kier alpha value is -1.71. The van der Waals surface area contributed by atoms with Gasteiger partial charge < -0.3 is 14.6 Å². The molecule has 4 heteroatoms. The van der Waals surface area contributed by atoms with Crippen molar-refractivity contribution in [3.8, 4) is 11.5 Å². The van der Waals surface area contributed by atoms with Gasteiger partial charge in [-0.05, 0) is 45.7 Å². The third kappa shape index (κ3) is 3.39. The number of carboxylic acids is 1. The predicted octanol–water partition coefficient (Wildman–Crippen LogP) is 3.10. The van der Waals surface area contributed by atoms with Crippen molar-refractivity contribution in [1.29, 1.82) is 0 Å². The average Bonchev–Trinajstić information content (AvgIpc) is 2.98. The molecular formula is C14H18O4. The SMILES string of the molecule is CC(C)(C)Oc1ccc(C(=O)O)c(OC2CC2)c1. The molecule has 0 aromatic heterocycles. The molecule has 0 atom stereocenters. The Morgan fingerprint density at radius 1 is 1.33 bits per heavy atom. The van der Waals surface area contributed by atoms with Crippen molar-refractivity contribution in [2.75, 3.05) is 0 Å². The molecule has 0 bridgehead atoms. The number of rotatable bonds is 4. The third-order valence-electron chi connectivity index (χ3n) is 2.43. The Labute approximate surface area is 107 Å². The van der Waals surface area contributed by atoms with E-state index >= 15 is 0 Å². The molecule has 98 valence electrons. The second-order valence-electron chi connectivity index (χ2n) is 5.49. The van der Waals surface area contributed by atoms with Gasteiger partial charge in [0.2, 0.25) is 0 Å². The summed E-state index contributed by atoms with van der Waals surface area (Å²) >= 11 is 0. The molecule has 0 spiro atoms. The highest BCUT2D eigenvalue weighted by atomic mass is 16.5. The van der Waals surface area contributed by atoms with Gasteiger partial charge in [-0.2, -0.15) is 0 Å². The van der Waals surface area contributed by atoms with Crippen LogP contribution >= 0.6 is 0 Å². The van der Waals surface area contributed by atoms with E-state index < -0.39 is 5.97 Å². The Morgan fingerprint density at radius 2 is 2.00 bits per heavy atom. The summed E-state index contributed by atoms with van der Waals surface area (Å²) in [5, 5.41) is 9.10. The zero-order chi connectivity index (χ0) is 13.3. The molecule has 0 unspecified atom stereocenters. The van der Waals surface area contributed by atoms with Crippen LogP contribution in [0.5, 0.6) is 11.5 Å². The van der Waals surface area contributed by atoms with Crippen LogP contribution in [0, 0.1) is 0 Å². The Kier molecular flexibility index (Phi) is 3.20. The standard InChI is InChI=1S/C14H18O4/c1-14(2,3)18-10-6-7-11(13(15)16)12(8-10)17-9-4-5-9/h6-9H,4-5H2,1-3H3,(H,15,16). The molecule has 0 aliphatic heterocycles. The maximum atomic E-state index is 11.1. The zero-order valence-electron chi connectivity index (χ0n) is 10.9. The molecule has 1 saturated carbocycles. The van der Waals surface area contributed by atoms with Gasteiger partial charge in [-0.25, -0.2) is 4.79 Å². The largest absolute Gasteiger partial charge is 0.489 e. The number of hydrogen-bond acceptors (Lipinski definition) is 3. The Balaban J connectivity index is 2.25. The Bertz CT molecular complexity index is 455. The molecule has 1 aliphatic rings. The maximum absolute atomic E-state index is 11.1. The summed E-state index contributed by atoms with van der Waals surface area (Å²) in [7, 11) is 0. The second kappa shape index (κ2) is 4.52. The first kappa shape index (κ1) is 12.7. The lowest BCUT2D eigenvalue weighted by Gasteiger charge is -2.22. The quantitative estimate of drug-likeness (QED) is 0.892. The second-order valence-corrected chi connectivity index (χ2v) is 5.49. The summed E-state index contributed by atoms with van der Waals surface area (Å²) < 4.78 is 11.3. The molecule has 1 N–H and O–H groups in total. The van der Waals surface area contributed by atoms with Gasteiger partial charge in [0.25, 0.3) is 0 Å². The van der Waals surface area contributed by atoms with Gasteiger partial charge >= 0.3 is 5.97 Å². The minimum absolute atomic E-state index is 0.160. The van der Waals surface area contributed by atoms with Crippen molar-refractivity contribution in [3.05, 3.63) is 23.8 Å². The highest BCUT2D eigenvalue weighted by Crippen LogP contribution is 2.32. The van der Waals surface area contributed by atoms with Crippen LogP contribution < -0.4 is 9.47 Å². The molecule has 18 heavy (non-hydrogen) atoms. The number of hydrogen-bond donors (Lipinski definition) is 1. The van der Waals surface area contributed by atoms with E-state index in [2.05, 4.69) is 0 Å². The fourth-order valence-corrected chi connectivity index (χ4v) is 1.56. The van der Waals surface area contributed by atoms with Crippen molar-refractivity contribution in [1.82, 2.24) is 0 Å². The van der Waals surface area contributed by atoms with E-state index in [0.717, 1.165) is 12.8 Å². The van der Waals surface area contributed by atoms with Crippen molar-refractivity contribution >= 4 is 5.97 Å². The molecule has 1 fully saturated rings. The monoisotopic (exact) mass is 250 g/mol. The zero-order valence-corrected chi connectivity index (χ0v) is 10.9. The molecule has 0 amide bonds. The summed E-state index contributed by atoms with van der Waals surface area (Å²) in [4.78, 5) is 11.1. The topological polar surface area (TPSA) is 55.8 Å². The minimum Gasteiger partial charge on any atom is -0.489 e. The molecule has 2 rings (SSSR count). The number of aromatic carboxylic acids is 1. The highest BCUT2D eigenvalue weighted by Gasteiger charge is 2.26. The van der Waals surface area contributed by atoms with Gasteiger partial charge in [0.05, 0.1) is 6.10 Å².